The highest BCUT2D eigenvalue weighted by molar-refractivity contribution is 6.08. The van der Waals surface area contributed by atoms with E-state index in [0.717, 1.165) is 19.6 Å². The van der Waals surface area contributed by atoms with Gasteiger partial charge in [0, 0.05) is 34.9 Å². The second-order valence-corrected chi connectivity index (χ2v) is 4.89. The first-order valence-corrected chi connectivity index (χ1v) is 7.05. The molecule has 0 saturated carbocycles. The number of nitrogens with one attached hydrogen (secondary N) is 1. The molecule has 106 valence electrons. The number of halogens is 1. The number of benzene rings is 2. The van der Waals surface area contributed by atoms with Gasteiger partial charge in [-0.1, -0.05) is 31.2 Å². The number of hydrogen-bond donors (Lipinski definition) is 1. The molecule has 0 aliphatic heterocycles. The molecular formula is C17H20ClN2-. The van der Waals surface area contributed by atoms with Crippen molar-refractivity contribution in [1.82, 2.24) is 9.88 Å². The van der Waals surface area contributed by atoms with Gasteiger partial charge in [-0.2, -0.15) is 0 Å². The van der Waals surface area contributed by atoms with Crippen LogP contribution < -0.4 is 17.7 Å². The molecule has 3 rings (SSSR count). The molecule has 0 radical (unpaired) electrons. The molecule has 0 spiro atoms. The first kappa shape index (κ1) is 14.9. The van der Waals surface area contributed by atoms with E-state index in [0.29, 0.717) is 0 Å². The van der Waals surface area contributed by atoms with Gasteiger partial charge < -0.3 is 22.3 Å². The van der Waals surface area contributed by atoms with Crippen molar-refractivity contribution in [1.29, 1.82) is 0 Å². The molecule has 2 aromatic carbocycles. The quantitative estimate of drug-likeness (QED) is 0.755. The Morgan fingerprint density at radius 3 is 2.45 bits per heavy atom. The molecule has 0 unspecified atom stereocenters. The van der Waals surface area contributed by atoms with Crippen LogP contribution in [0.15, 0.2) is 42.5 Å². The molecule has 0 aliphatic carbocycles. The number of nitrogens with zero attached hydrogens (tertiary/aromatic N) is 1. The van der Waals surface area contributed by atoms with Crippen molar-refractivity contribution < 1.29 is 12.4 Å². The average Bonchev–Trinajstić information content (AvgIpc) is 2.78. The summed E-state index contributed by atoms with van der Waals surface area (Å²) in [6.45, 7) is 7.31. The fourth-order valence-corrected chi connectivity index (χ4v) is 2.82. The Hall–Kier alpha value is -1.51. The van der Waals surface area contributed by atoms with Crippen molar-refractivity contribution in [3.63, 3.8) is 0 Å². The molecule has 1 aromatic heterocycles. The van der Waals surface area contributed by atoms with Gasteiger partial charge in [-0.05, 0) is 37.2 Å². The van der Waals surface area contributed by atoms with Gasteiger partial charge >= 0.3 is 0 Å². The lowest BCUT2D eigenvalue weighted by Crippen LogP contribution is -3.00. The zero-order valence-corrected chi connectivity index (χ0v) is 12.7. The summed E-state index contributed by atoms with van der Waals surface area (Å²) < 4.78 is 2.39. The van der Waals surface area contributed by atoms with Gasteiger partial charge in [-0.25, -0.2) is 0 Å². The highest BCUT2D eigenvalue weighted by Crippen LogP contribution is 2.29. The molecule has 3 aromatic rings. The van der Waals surface area contributed by atoms with Gasteiger partial charge in [-0.15, -0.1) is 0 Å². The largest absolute Gasteiger partial charge is 1.00 e. The Kier molecular flexibility index (Phi) is 4.69. The second kappa shape index (κ2) is 6.29. The van der Waals surface area contributed by atoms with Crippen LogP contribution in [0, 0.1) is 0 Å². The lowest BCUT2D eigenvalue weighted by Gasteiger charge is -2.04. The third kappa shape index (κ3) is 2.41. The van der Waals surface area contributed by atoms with E-state index in [1.54, 1.807) is 0 Å². The maximum atomic E-state index is 3.39. The smallest absolute Gasteiger partial charge is 0.0491 e. The van der Waals surface area contributed by atoms with Crippen molar-refractivity contribution in [2.24, 2.45) is 0 Å². The van der Waals surface area contributed by atoms with Crippen LogP contribution >= 0.6 is 0 Å². The number of aromatic nitrogens is 1. The van der Waals surface area contributed by atoms with E-state index < -0.39 is 0 Å². The number of para-hydroxylation sites is 1. The fourth-order valence-electron chi connectivity index (χ4n) is 2.82. The second-order valence-electron chi connectivity index (χ2n) is 4.89. The minimum absolute atomic E-state index is 0. The summed E-state index contributed by atoms with van der Waals surface area (Å²) in [5.74, 6) is 0. The van der Waals surface area contributed by atoms with Crippen LogP contribution in [0.4, 0.5) is 0 Å². The Bertz CT molecular complexity index is 715. The summed E-state index contributed by atoms with van der Waals surface area (Å²) in [6, 6.07) is 15.5. The van der Waals surface area contributed by atoms with Gasteiger partial charge in [0.05, 0.1) is 0 Å². The van der Waals surface area contributed by atoms with E-state index in [2.05, 4.69) is 66.2 Å². The minimum atomic E-state index is 0. The monoisotopic (exact) mass is 287 g/mol. The maximum absolute atomic E-state index is 3.39. The lowest BCUT2D eigenvalue weighted by atomic mass is 10.1. The highest BCUT2D eigenvalue weighted by atomic mass is 35.5. The zero-order chi connectivity index (χ0) is 13.2. The predicted octanol–water partition coefficient (Wildman–Crippen LogP) is 0.928. The van der Waals surface area contributed by atoms with Crippen LogP contribution in [-0.4, -0.2) is 11.1 Å². The fraction of sp³-hybridized carbons (Fsp3) is 0.294. The van der Waals surface area contributed by atoms with Crippen molar-refractivity contribution >= 4 is 21.8 Å². The molecule has 1 heterocycles. The number of rotatable bonds is 4. The summed E-state index contributed by atoms with van der Waals surface area (Å²) in [7, 11) is 0. The Morgan fingerprint density at radius 2 is 1.70 bits per heavy atom. The van der Waals surface area contributed by atoms with E-state index in [4.69, 9.17) is 0 Å². The van der Waals surface area contributed by atoms with Crippen LogP contribution in [0.3, 0.4) is 0 Å². The van der Waals surface area contributed by atoms with Gasteiger partial charge in [0.15, 0.2) is 0 Å². The molecule has 0 amide bonds. The van der Waals surface area contributed by atoms with Gasteiger partial charge in [-0.3, -0.25) is 0 Å². The standard InChI is InChI=1S/C17H20N2.ClH/c1-3-18-12-13-9-10-17-15(11-13)14-7-5-6-8-16(14)19(17)4-2;/h5-11,18H,3-4,12H2,1-2H3;1H/p-1. The Balaban J connectivity index is 0.00000147. The predicted molar refractivity (Wildman–Crippen MR) is 82.5 cm³/mol. The molecule has 0 aliphatic rings. The van der Waals surface area contributed by atoms with Crippen LogP contribution in [0.5, 0.6) is 0 Å². The molecule has 2 nitrogen and oxygen atoms in total. The highest BCUT2D eigenvalue weighted by Gasteiger charge is 2.09. The van der Waals surface area contributed by atoms with Crippen molar-refractivity contribution in [3.8, 4) is 0 Å². The van der Waals surface area contributed by atoms with Crippen molar-refractivity contribution in [2.45, 2.75) is 26.9 Å². The first-order valence-electron chi connectivity index (χ1n) is 7.05. The number of aryl methyl sites for hydroxylation is 1. The Labute approximate surface area is 126 Å². The third-order valence-corrected chi connectivity index (χ3v) is 3.73. The summed E-state index contributed by atoms with van der Waals surface area (Å²) in [6.07, 6.45) is 0. The molecule has 20 heavy (non-hydrogen) atoms. The Morgan fingerprint density at radius 1 is 0.950 bits per heavy atom. The van der Waals surface area contributed by atoms with Crippen LogP contribution in [0.1, 0.15) is 19.4 Å². The molecule has 0 saturated heterocycles. The number of fused-ring (bicyclic) bond motifs is 3. The van der Waals surface area contributed by atoms with Crippen LogP contribution in [0.2, 0.25) is 0 Å². The van der Waals surface area contributed by atoms with E-state index in [1.165, 1.54) is 27.4 Å². The van der Waals surface area contributed by atoms with E-state index >= 15 is 0 Å². The SMILES string of the molecule is CCNCc1ccc2c(c1)c1ccccc1n2CC.[Cl-]. The van der Waals surface area contributed by atoms with Crippen molar-refractivity contribution in [2.75, 3.05) is 6.54 Å². The summed E-state index contributed by atoms with van der Waals surface area (Å²) in [5.41, 5.74) is 4.03. The number of hydrogen-bond acceptors (Lipinski definition) is 1. The molecule has 0 atom stereocenters. The molecular weight excluding hydrogens is 268 g/mol. The molecule has 3 heteroatoms. The first-order chi connectivity index (χ1) is 9.35. The average molecular weight is 288 g/mol. The minimum Gasteiger partial charge on any atom is -1.00 e. The zero-order valence-electron chi connectivity index (χ0n) is 12.0. The van der Waals surface area contributed by atoms with Gasteiger partial charge in [0.25, 0.3) is 0 Å². The lowest BCUT2D eigenvalue weighted by molar-refractivity contribution is -0.00000390. The normalized spacial score (nSPS) is 10.9. The van der Waals surface area contributed by atoms with Gasteiger partial charge in [0.1, 0.15) is 0 Å². The van der Waals surface area contributed by atoms with Crippen LogP contribution in [0.25, 0.3) is 21.8 Å². The third-order valence-electron chi connectivity index (χ3n) is 3.73. The van der Waals surface area contributed by atoms with E-state index in [1.807, 2.05) is 0 Å². The van der Waals surface area contributed by atoms with Gasteiger partial charge in [0.2, 0.25) is 0 Å². The summed E-state index contributed by atoms with van der Waals surface area (Å²) >= 11 is 0. The molecule has 1 N–H and O–H groups in total. The van der Waals surface area contributed by atoms with Crippen LogP contribution in [-0.2, 0) is 13.1 Å². The van der Waals surface area contributed by atoms with E-state index in [9.17, 15) is 0 Å². The summed E-state index contributed by atoms with van der Waals surface area (Å²) in [5, 5.41) is 6.12. The maximum Gasteiger partial charge on any atom is 0.0491 e. The van der Waals surface area contributed by atoms with Crippen molar-refractivity contribution in [3.05, 3.63) is 48.0 Å². The summed E-state index contributed by atoms with van der Waals surface area (Å²) in [4.78, 5) is 0. The molecule has 0 fully saturated rings. The van der Waals surface area contributed by atoms with E-state index in [-0.39, 0.29) is 12.4 Å². The topological polar surface area (TPSA) is 17.0 Å². The molecule has 0 bridgehead atoms.